The number of anilines is 2. The van der Waals surface area contributed by atoms with Crippen LogP contribution in [-0.4, -0.2) is 16.1 Å². The lowest BCUT2D eigenvalue weighted by molar-refractivity contribution is 0.0698. The van der Waals surface area contributed by atoms with Gasteiger partial charge in [0.05, 0.1) is 17.4 Å². The average molecular weight is 264 g/mol. The maximum atomic E-state index is 13.8. The predicted molar refractivity (Wildman–Crippen MR) is 65.6 cm³/mol. The van der Waals surface area contributed by atoms with E-state index in [0.717, 1.165) is 6.07 Å². The molecular formula is C13H10F2N2O2. The van der Waals surface area contributed by atoms with E-state index in [0.29, 0.717) is 0 Å². The molecule has 0 aliphatic carbocycles. The van der Waals surface area contributed by atoms with Crippen molar-refractivity contribution >= 4 is 17.3 Å². The number of halogens is 2. The molecule has 6 heteroatoms. The number of nitrogens with one attached hydrogen (secondary N) is 1. The Morgan fingerprint density at radius 3 is 2.74 bits per heavy atom. The van der Waals surface area contributed by atoms with E-state index in [4.69, 9.17) is 5.11 Å². The molecule has 0 atom stereocenters. The number of pyridine rings is 1. The largest absolute Gasteiger partial charge is 0.478 e. The first kappa shape index (κ1) is 12.9. The quantitative estimate of drug-likeness (QED) is 0.894. The Morgan fingerprint density at radius 1 is 1.32 bits per heavy atom. The molecule has 1 heterocycles. The fraction of sp³-hybridized carbons (Fsp3) is 0.0769. The molecular weight excluding hydrogens is 254 g/mol. The van der Waals surface area contributed by atoms with Gasteiger partial charge in [0.1, 0.15) is 11.5 Å². The van der Waals surface area contributed by atoms with Crippen LogP contribution in [0.3, 0.4) is 0 Å². The summed E-state index contributed by atoms with van der Waals surface area (Å²) in [5.41, 5.74) is -0.228. The summed E-state index contributed by atoms with van der Waals surface area (Å²) in [4.78, 5) is 14.7. The van der Waals surface area contributed by atoms with Gasteiger partial charge in [-0.05, 0) is 24.6 Å². The van der Waals surface area contributed by atoms with Gasteiger partial charge in [0.2, 0.25) is 0 Å². The van der Waals surface area contributed by atoms with Crippen molar-refractivity contribution in [3.63, 3.8) is 0 Å². The number of hydrogen-bond acceptors (Lipinski definition) is 3. The lowest BCUT2D eigenvalue weighted by Crippen LogP contribution is -2.06. The first-order valence-corrected chi connectivity index (χ1v) is 5.39. The average Bonchev–Trinajstić information content (AvgIpc) is 2.39. The molecule has 0 aliphatic rings. The summed E-state index contributed by atoms with van der Waals surface area (Å²) in [6.45, 7) is 1.49. The van der Waals surface area contributed by atoms with Crippen LogP contribution in [0.2, 0.25) is 0 Å². The summed E-state index contributed by atoms with van der Waals surface area (Å²) in [5, 5.41) is 11.4. The van der Waals surface area contributed by atoms with Gasteiger partial charge in [-0.1, -0.05) is 6.07 Å². The second kappa shape index (κ2) is 5.01. The highest BCUT2D eigenvalue weighted by atomic mass is 19.1. The van der Waals surface area contributed by atoms with Crippen molar-refractivity contribution in [2.75, 3.05) is 5.32 Å². The van der Waals surface area contributed by atoms with Crippen molar-refractivity contribution in [1.29, 1.82) is 0 Å². The molecule has 19 heavy (non-hydrogen) atoms. The van der Waals surface area contributed by atoms with Crippen LogP contribution in [-0.2, 0) is 0 Å². The van der Waals surface area contributed by atoms with E-state index in [1.807, 2.05) is 0 Å². The lowest BCUT2D eigenvalue weighted by Gasteiger charge is -2.11. The highest BCUT2D eigenvalue weighted by Crippen LogP contribution is 2.26. The molecule has 0 saturated carbocycles. The third kappa shape index (κ3) is 2.52. The summed E-state index contributed by atoms with van der Waals surface area (Å²) >= 11 is 0. The maximum absolute atomic E-state index is 13.8. The van der Waals surface area contributed by atoms with Crippen molar-refractivity contribution in [2.24, 2.45) is 0 Å². The minimum Gasteiger partial charge on any atom is -0.478 e. The van der Waals surface area contributed by atoms with Gasteiger partial charge in [0.15, 0.2) is 5.82 Å². The van der Waals surface area contributed by atoms with Crippen LogP contribution in [0, 0.1) is 18.6 Å². The fourth-order valence-corrected chi connectivity index (χ4v) is 1.59. The number of aromatic carboxylic acids is 1. The monoisotopic (exact) mass is 264 g/mol. The van der Waals surface area contributed by atoms with Crippen LogP contribution in [0.15, 0.2) is 30.6 Å². The zero-order valence-electron chi connectivity index (χ0n) is 9.95. The van der Waals surface area contributed by atoms with Gasteiger partial charge in [0, 0.05) is 6.20 Å². The van der Waals surface area contributed by atoms with Gasteiger partial charge in [0.25, 0.3) is 0 Å². The minimum atomic E-state index is -1.21. The number of aryl methyl sites for hydroxylation is 1. The second-order valence-electron chi connectivity index (χ2n) is 3.90. The Hall–Kier alpha value is -2.50. The zero-order chi connectivity index (χ0) is 14.0. The van der Waals surface area contributed by atoms with E-state index in [2.05, 4.69) is 10.3 Å². The van der Waals surface area contributed by atoms with Crippen LogP contribution in [0.5, 0.6) is 0 Å². The number of aromatic nitrogens is 1. The topological polar surface area (TPSA) is 62.2 Å². The molecule has 0 amide bonds. The summed E-state index contributed by atoms with van der Waals surface area (Å²) in [7, 11) is 0. The molecule has 2 rings (SSSR count). The number of carboxylic acids is 1. The zero-order valence-corrected chi connectivity index (χ0v) is 9.95. The van der Waals surface area contributed by atoms with E-state index in [1.165, 1.54) is 31.5 Å². The molecule has 0 unspecified atom stereocenters. The van der Waals surface area contributed by atoms with Gasteiger partial charge in [-0.25, -0.2) is 13.6 Å². The molecule has 1 aromatic carbocycles. The summed E-state index contributed by atoms with van der Waals surface area (Å²) < 4.78 is 27.4. The SMILES string of the molecule is Cc1ccc(F)c(Nc2cnccc2C(=O)O)c1F. The third-order valence-electron chi connectivity index (χ3n) is 2.60. The van der Waals surface area contributed by atoms with Crippen molar-refractivity contribution in [2.45, 2.75) is 6.92 Å². The Kier molecular flexibility index (Phi) is 3.41. The molecule has 0 saturated heterocycles. The smallest absolute Gasteiger partial charge is 0.337 e. The molecule has 0 aliphatic heterocycles. The van der Waals surface area contributed by atoms with E-state index in [-0.39, 0.29) is 16.8 Å². The normalized spacial score (nSPS) is 10.3. The number of hydrogen-bond donors (Lipinski definition) is 2. The van der Waals surface area contributed by atoms with Crippen LogP contribution in [0.1, 0.15) is 15.9 Å². The van der Waals surface area contributed by atoms with E-state index in [9.17, 15) is 13.6 Å². The number of carboxylic acid groups (broad SMARTS) is 1. The number of benzene rings is 1. The predicted octanol–water partition coefficient (Wildman–Crippen LogP) is 3.11. The van der Waals surface area contributed by atoms with Crippen LogP contribution < -0.4 is 5.32 Å². The van der Waals surface area contributed by atoms with Gasteiger partial charge < -0.3 is 10.4 Å². The van der Waals surface area contributed by atoms with Gasteiger partial charge in [-0.2, -0.15) is 0 Å². The van der Waals surface area contributed by atoms with Crippen molar-refractivity contribution < 1.29 is 18.7 Å². The van der Waals surface area contributed by atoms with Crippen molar-refractivity contribution in [3.05, 3.63) is 53.4 Å². The van der Waals surface area contributed by atoms with Crippen molar-refractivity contribution in [3.8, 4) is 0 Å². The number of rotatable bonds is 3. The van der Waals surface area contributed by atoms with Crippen LogP contribution in [0.25, 0.3) is 0 Å². The first-order chi connectivity index (χ1) is 9.00. The van der Waals surface area contributed by atoms with E-state index < -0.39 is 23.3 Å². The molecule has 2 aromatic rings. The maximum Gasteiger partial charge on any atom is 0.337 e. The molecule has 0 spiro atoms. The molecule has 0 fully saturated rings. The molecule has 0 bridgehead atoms. The summed E-state index contributed by atoms with van der Waals surface area (Å²) in [5.74, 6) is -2.78. The lowest BCUT2D eigenvalue weighted by atomic mass is 10.1. The van der Waals surface area contributed by atoms with Gasteiger partial charge >= 0.3 is 5.97 Å². The van der Waals surface area contributed by atoms with E-state index in [1.54, 1.807) is 0 Å². The Labute approximate surface area is 107 Å². The van der Waals surface area contributed by atoms with Crippen LogP contribution >= 0.6 is 0 Å². The molecule has 98 valence electrons. The number of nitrogens with zero attached hydrogens (tertiary/aromatic N) is 1. The molecule has 1 aromatic heterocycles. The molecule has 2 N–H and O–H groups in total. The summed E-state index contributed by atoms with van der Waals surface area (Å²) in [6, 6.07) is 3.66. The van der Waals surface area contributed by atoms with Crippen molar-refractivity contribution in [1.82, 2.24) is 4.98 Å². The highest BCUT2D eigenvalue weighted by molar-refractivity contribution is 5.94. The molecule has 0 radical (unpaired) electrons. The standard InChI is InChI=1S/C13H10F2N2O2/c1-7-2-3-9(14)12(11(7)15)17-10-6-16-5-4-8(10)13(18)19/h2-6,17H,1H3,(H,18,19). The fourth-order valence-electron chi connectivity index (χ4n) is 1.59. The van der Waals surface area contributed by atoms with Crippen LogP contribution in [0.4, 0.5) is 20.2 Å². The second-order valence-corrected chi connectivity index (χ2v) is 3.90. The minimum absolute atomic E-state index is 0.0263. The first-order valence-electron chi connectivity index (χ1n) is 5.39. The Bertz CT molecular complexity index is 645. The Balaban J connectivity index is 2.48. The Morgan fingerprint density at radius 2 is 2.05 bits per heavy atom. The number of carbonyl (C=O) groups is 1. The third-order valence-corrected chi connectivity index (χ3v) is 2.60. The van der Waals surface area contributed by atoms with Gasteiger partial charge in [-0.15, -0.1) is 0 Å². The van der Waals surface area contributed by atoms with E-state index >= 15 is 0 Å². The van der Waals surface area contributed by atoms with Gasteiger partial charge in [-0.3, -0.25) is 4.98 Å². The highest BCUT2D eigenvalue weighted by Gasteiger charge is 2.15. The summed E-state index contributed by atoms with van der Waals surface area (Å²) in [6.07, 6.45) is 2.49. The molecule has 4 nitrogen and oxygen atoms in total.